The summed E-state index contributed by atoms with van der Waals surface area (Å²) in [5.41, 5.74) is 1.51. The van der Waals surface area contributed by atoms with E-state index in [1.54, 1.807) is 24.3 Å². The Balaban J connectivity index is 2.24. The summed E-state index contributed by atoms with van der Waals surface area (Å²) < 4.78 is 17.8. The largest absolute Gasteiger partial charge is 0.504 e. The molecule has 0 heterocycles. The van der Waals surface area contributed by atoms with Crippen molar-refractivity contribution >= 4 is 45.1 Å². The van der Waals surface area contributed by atoms with E-state index in [4.69, 9.17) is 14.5 Å². The fourth-order valence-corrected chi connectivity index (χ4v) is 3.78. The lowest BCUT2D eigenvalue weighted by Gasteiger charge is -2.15. The summed E-state index contributed by atoms with van der Waals surface area (Å²) in [6, 6.07) is 8.52. The Bertz CT molecular complexity index is 799. The lowest BCUT2D eigenvalue weighted by molar-refractivity contribution is 0.375. The average molecular weight is 495 g/mol. The van der Waals surface area contributed by atoms with Gasteiger partial charge in [0, 0.05) is 5.69 Å². The van der Waals surface area contributed by atoms with Crippen molar-refractivity contribution < 1.29 is 24.2 Å². The van der Waals surface area contributed by atoms with Gasteiger partial charge in [-0.3, -0.25) is 4.57 Å². The average Bonchev–Trinajstić information content (AvgIpc) is 2.49. The first-order chi connectivity index (χ1) is 11.6. The van der Waals surface area contributed by atoms with Gasteiger partial charge in [0.2, 0.25) is 0 Å². The quantitative estimate of drug-likeness (QED) is 0.402. The molecule has 136 valence electrons. The van der Waals surface area contributed by atoms with Crippen LogP contribution < -0.4 is 10.1 Å². The summed E-state index contributed by atoms with van der Waals surface area (Å²) in [6.45, 7) is 4.07. The molecule has 0 aromatic heterocycles. The number of benzene rings is 2. The fourth-order valence-electron chi connectivity index (χ4n) is 2.04. The number of anilines is 1. The molecule has 0 aliphatic heterocycles. The normalized spacial score (nSPS) is 11.6. The second-order valence-corrected chi connectivity index (χ2v) is 9.11. The third kappa shape index (κ3) is 5.72. The summed E-state index contributed by atoms with van der Waals surface area (Å²) >= 11 is 6.73. The molecular formula is C16H18Br2NO5P. The van der Waals surface area contributed by atoms with Crippen molar-refractivity contribution in [3.63, 3.8) is 0 Å². The first-order valence-electron chi connectivity index (χ1n) is 7.35. The van der Waals surface area contributed by atoms with Crippen LogP contribution >= 0.6 is 39.5 Å². The van der Waals surface area contributed by atoms with Crippen molar-refractivity contribution in [2.24, 2.45) is 0 Å². The number of hydrogen-bond acceptors (Lipinski definition) is 4. The Morgan fingerprint density at radius 3 is 2.24 bits per heavy atom. The minimum atomic E-state index is -4.15. The second kappa shape index (κ2) is 8.10. The standard InChI is InChI=1S/C16H18Br2NO5P/c1-9(2)10-3-4-15(14(20)5-10)24-16-12(17)6-11(7-13(16)18)19-8-25(21,22)23/h3-7,9,19-20H,8H2,1-2H3,(H2,21,22,23). The Kier molecular flexibility index (Phi) is 6.56. The van der Waals surface area contributed by atoms with Crippen LogP contribution in [0.3, 0.4) is 0 Å². The minimum Gasteiger partial charge on any atom is -0.504 e. The lowest BCUT2D eigenvalue weighted by Crippen LogP contribution is -2.02. The van der Waals surface area contributed by atoms with Crippen LogP contribution in [0.15, 0.2) is 39.3 Å². The molecule has 0 radical (unpaired) electrons. The van der Waals surface area contributed by atoms with Crippen LogP contribution in [-0.2, 0) is 4.57 Å². The first kappa shape index (κ1) is 20.3. The van der Waals surface area contributed by atoms with E-state index in [0.29, 0.717) is 26.1 Å². The van der Waals surface area contributed by atoms with Crippen LogP contribution in [-0.4, -0.2) is 21.2 Å². The third-order valence-electron chi connectivity index (χ3n) is 3.35. The molecule has 0 unspecified atom stereocenters. The monoisotopic (exact) mass is 493 g/mol. The molecule has 2 rings (SSSR count). The molecule has 4 N–H and O–H groups in total. The minimum absolute atomic E-state index is 0.0358. The van der Waals surface area contributed by atoms with Gasteiger partial charge in [-0.2, -0.15) is 0 Å². The molecule has 0 atom stereocenters. The summed E-state index contributed by atoms with van der Waals surface area (Å²) in [5, 5.41) is 12.8. The van der Waals surface area contributed by atoms with Crippen molar-refractivity contribution in [2.45, 2.75) is 19.8 Å². The van der Waals surface area contributed by atoms with Crippen molar-refractivity contribution in [1.82, 2.24) is 0 Å². The molecule has 0 saturated carbocycles. The zero-order chi connectivity index (χ0) is 18.8. The SMILES string of the molecule is CC(C)c1ccc(Oc2c(Br)cc(NCP(=O)(O)O)cc2Br)c(O)c1. The van der Waals surface area contributed by atoms with Gasteiger partial charge < -0.3 is 24.9 Å². The number of halogens is 2. The number of phenolic OH excluding ortho intramolecular Hbond substituents is 1. The van der Waals surface area contributed by atoms with E-state index in [-0.39, 0.29) is 11.7 Å². The van der Waals surface area contributed by atoms with E-state index in [1.807, 2.05) is 19.9 Å². The van der Waals surface area contributed by atoms with E-state index >= 15 is 0 Å². The second-order valence-electron chi connectivity index (χ2n) is 5.75. The molecule has 25 heavy (non-hydrogen) atoms. The maximum atomic E-state index is 11.0. The zero-order valence-electron chi connectivity index (χ0n) is 13.5. The molecule has 0 aliphatic carbocycles. The molecule has 0 fully saturated rings. The summed E-state index contributed by atoms with van der Waals surface area (Å²) in [6.07, 6.45) is -0.469. The Hall–Kier alpha value is -1.05. The molecule has 6 nitrogen and oxygen atoms in total. The van der Waals surface area contributed by atoms with E-state index in [0.717, 1.165) is 5.56 Å². The van der Waals surface area contributed by atoms with Crippen molar-refractivity contribution in [3.05, 3.63) is 44.8 Å². The molecule has 0 saturated heterocycles. The molecule has 2 aromatic carbocycles. The first-order valence-corrected chi connectivity index (χ1v) is 10.7. The van der Waals surface area contributed by atoms with Gasteiger partial charge in [-0.15, -0.1) is 0 Å². The number of phenols is 1. The van der Waals surface area contributed by atoms with Crippen LogP contribution in [0, 0.1) is 0 Å². The van der Waals surface area contributed by atoms with E-state index in [2.05, 4.69) is 37.2 Å². The van der Waals surface area contributed by atoms with Gasteiger partial charge in [0.1, 0.15) is 6.29 Å². The Morgan fingerprint density at radius 1 is 1.16 bits per heavy atom. The molecular weight excluding hydrogens is 477 g/mol. The molecule has 0 amide bonds. The van der Waals surface area contributed by atoms with Gasteiger partial charge in [0.05, 0.1) is 8.95 Å². The smallest absolute Gasteiger partial charge is 0.344 e. The summed E-state index contributed by atoms with van der Waals surface area (Å²) in [7, 11) is -4.15. The topological polar surface area (TPSA) is 99.0 Å². The van der Waals surface area contributed by atoms with Gasteiger partial charge in [0.15, 0.2) is 17.2 Å². The maximum absolute atomic E-state index is 11.0. The fraction of sp³-hybridized carbons (Fsp3) is 0.250. The highest BCUT2D eigenvalue weighted by atomic mass is 79.9. The molecule has 2 aromatic rings. The van der Waals surface area contributed by atoms with Crippen LogP contribution in [0.5, 0.6) is 17.2 Å². The van der Waals surface area contributed by atoms with Crippen molar-refractivity contribution in [1.29, 1.82) is 0 Å². The van der Waals surface area contributed by atoms with E-state index in [1.165, 1.54) is 0 Å². The molecule has 9 heteroatoms. The van der Waals surface area contributed by atoms with Gasteiger partial charge in [0.25, 0.3) is 0 Å². The highest BCUT2D eigenvalue weighted by Gasteiger charge is 2.16. The Labute approximate surface area is 162 Å². The molecule has 0 aliphatic rings. The highest BCUT2D eigenvalue weighted by Crippen LogP contribution is 2.42. The van der Waals surface area contributed by atoms with Crippen LogP contribution in [0.1, 0.15) is 25.3 Å². The van der Waals surface area contributed by atoms with Crippen molar-refractivity contribution in [3.8, 4) is 17.2 Å². The number of rotatable bonds is 6. The van der Waals surface area contributed by atoms with Gasteiger partial charge in [-0.05, 0) is 67.6 Å². The van der Waals surface area contributed by atoms with Crippen LogP contribution in [0.25, 0.3) is 0 Å². The van der Waals surface area contributed by atoms with E-state index < -0.39 is 13.9 Å². The molecule has 0 spiro atoms. The van der Waals surface area contributed by atoms with E-state index in [9.17, 15) is 9.67 Å². The predicted molar refractivity (Wildman–Crippen MR) is 105 cm³/mol. The number of nitrogens with one attached hydrogen (secondary N) is 1. The van der Waals surface area contributed by atoms with Crippen molar-refractivity contribution in [2.75, 3.05) is 11.6 Å². The van der Waals surface area contributed by atoms with Crippen LogP contribution in [0.2, 0.25) is 0 Å². The number of hydrogen-bond donors (Lipinski definition) is 4. The molecule has 0 bridgehead atoms. The number of ether oxygens (including phenoxy) is 1. The Morgan fingerprint density at radius 2 is 1.76 bits per heavy atom. The predicted octanol–water partition coefficient (Wildman–Crippen LogP) is 5.38. The third-order valence-corrected chi connectivity index (χ3v) is 5.10. The van der Waals surface area contributed by atoms with Gasteiger partial charge in [-0.25, -0.2) is 0 Å². The maximum Gasteiger partial charge on any atom is 0.344 e. The van der Waals surface area contributed by atoms with Crippen LogP contribution in [0.4, 0.5) is 5.69 Å². The van der Waals surface area contributed by atoms with Gasteiger partial charge in [-0.1, -0.05) is 19.9 Å². The lowest BCUT2D eigenvalue weighted by atomic mass is 10.0. The highest BCUT2D eigenvalue weighted by molar-refractivity contribution is 9.11. The summed E-state index contributed by atoms with van der Waals surface area (Å²) in [5.74, 6) is 1.07. The van der Waals surface area contributed by atoms with Gasteiger partial charge >= 0.3 is 7.60 Å². The number of aromatic hydroxyl groups is 1. The summed E-state index contributed by atoms with van der Waals surface area (Å²) in [4.78, 5) is 17.9. The zero-order valence-corrected chi connectivity index (χ0v) is 17.6.